The molecule has 0 aliphatic carbocycles. The summed E-state index contributed by atoms with van der Waals surface area (Å²) in [5.74, 6) is 0.0565. The largest absolute Gasteiger partial charge is 0.494 e. The highest BCUT2D eigenvalue weighted by molar-refractivity contribution is 5.70. The van der Waals surface area contributed by atoms with Gasteiger partial charge in [0.15, 0.2) is 0 Å². The predicted octanol–water partition coefficient (Wildman–Crippen LogP) is 2.17. The summed E-state index contributed by atoms with van der Waals surface area (Å²) in [6, 6.07) is 8.02. The molecule has 1 aromatic carbocycles. The molecule has 1 unspecified atom stereocenters. The van der Waals surface area contributed by atoms with Crippen molar-refractivity contribution in [3.8, 4) is 5.75 Å². The van der Waals surface area contributed by atoms with Crippen LogP contribution in [0, 0.1) is 12.8 Å². The van der Waals surface area contributed by atoms with E-state index in [2.05, 4.69) is 4.90 Å². The molecule has 4 heteroatoms. The van der Waals surface area contributed by atoms with Gasteiger partial charge in [-0.25, -0.2) is 0 Å². The van der Waals surface area contributed by atoms with Gasteiger partial charge in [-0.1, -0.05) is 12.1 Å². The number of benzene rings is 1. The normalized spacial score (nSPS) is 19.5. The number of carboxylic acid groups (broad SMARTS) is 1. The zero-order chi connectivity index (χ0) is 13.7. The van der Waals surface area contributed by atoms with Crippen molar-refractivity contribution < 1.29 is 14.6 Å². The number of rotatable bonds is 6. The van der Waals surface area contributed by atoms with E-state index in [0.717, 1.165) is 31.7 Å². The van der Waals surface area contributed by atoms with Gasteiger partial charge in [-0.3, -0.25) is 4.79 Å². The first-order chi connectivity index (χ1) is 9.15. The molecule has 0 bridgehead atoms. The minimum atomic E-state index is -0.668. The number of aryl methyl sites for hydroxylation is 1. The molecule has 1 aliphatic heterocycles. The lowest BCUT2D eigenvalue weighted by atomic mass is 10.1. The van der Waals surface area contributed by atoms with Gasteiger partial charge in [-0.05, 0) is 44.0 Å². The van der Waals surface area contributed by atoms with E-state index >= 15 is 0 Å². The smallest absolute Gasteiger partial charge is 0.307 e. The second-order valence-electron chi connectivity index (χ2n) is 5.14. The molecular formula is C15H21NO3. The highest BCUT2D eigenvalue weighted by Gasteiger charge is 2.27. The molecule has 0 saturated carbocycles. The van der Waals surface area contributed by atoms with Gasteiger partial charge in [0.05, 0.1) is 12.5 Å². The first-order valence-corrected chi connectivity index (χ1v) is 6.80. The Bertz CT molecular complexity index is 433. The number of carbonyl (C=O) groups is 1. The van der Waals surface area contributed by atoms with Crippen LogP contribution in [0.25, 0.3) is 0 Å². The third kappa shape index (κ3) is 4.24. The Kier molecular flexibility index (Phi) is 4.80. The monoisotopic (exact) mass is 263 g/mol. The highest BCUT2D eigenvalue weighted by atomic mass is 16.5. The number of ether oxygens (including phenoxy) is 1. The molecule has 1 fully saturated rings. The van der Waals surface area contributed by atoms with Crippen molar-refractivity contribution in [2.75, 3.05) is 26.2 Å². The van der Waals surface area contributed by atoms with Crippen LogP contribution in [0.2, 0.25) is 0 Å². The summed E-state index contributed by atoms with van der Waals surface area (Å²) in [6.45, 7) is 5.21. The SMILES string of the molecule is Cc1cccc(OCCCN2CCC(C(=O)O)C2)c1. The summed E-state index contributed by atoms with van der Waals surface area (Å²) < 4.78 is 5.68. The summed E-state index contributed by atoms with van der Waals surface area (Å²) >= 11 is 0. The summed E-state index contributed by atoms with van der Waals surface area (Å²) in [7, 11) is 0. The van der Waals surface area contributed by atoms with E-state index in [0.29, 0.717) is 13.2 Å². The van der Waals surface area contributed by atoms with E-state index in [1.54, 1.807) is 0 Å². The standard InChI is InChI=1S/C15H21NO3/c1-12-4-2-5-14(10-12)19-9-3-7-16-8-6-13(11-16)15(17)18/h2,4-5,10,13H,3,6-9,11H2,1H3,(H,17,18). The molecule has 1 saturated heterocycles. The van der Waals surface area contributed by atoms with Crippen LogP contribution < -0.4 is 4.74 Å². The van der Waals surface area contributed by atoms with E-state index in [1.807, 2.05) is 31.2 Å². The maximum atomic E-state index is 10.8. The van der Waals surface area contributed by atoms with E-state index in [-0.39, 0.29) is 5.92 Å². The number of aliphatic carboxylic acids is 1. The van der Waals surface area contributed by atoms with E-state index in [4.69, 9.17) is 9.84 Å². The zero-order valence-corrected chi connectivity index (χ0v) is 11.3. The van der Waals surface area contributed by atoms with Crippen molar-refractivity contribution in [3.63, 3.8) is 0 Å². The minimum Gasteiger partial charge on any atom is -0.494 e. The van der Waals surface area contributed by atoms with Gasteiger partial charge in [0.1, 0.15) is 5.75 Å². The molecule has 0 spiro atoms. The molecule has 2 rings (SSSR count). The molecule has 0 radical (unpaired) electrons. The molecule has 0 aromatic heterocycles. The first kappa shape index (κ1) is 13.9. The van der Waals surface area contributed by atoms with Gasteiger partial charge in [-0.15, -0.1) is 0 Å². The molecule has 4 nitrogen and oxygen atoms in total. The average Bonchev–Trinajstić information content (AvgIpc) is 2.84. The number of carboxylic acids is 1. The number of nitrogens with zero attached hydrogens (tertiary/aromatic N) is 1. The molecule has 104 valence electrons. The van der Waals surface area contributed by atoms with Gasteiger partial charge in [-0.2, -0.15) is 0 Å². The van der Waals surface area contributed by atoms with Crippen molar-refractivity contribution in [1.82, 2.24) is 4.90 Å². The maximum Gasteiger partial charge on any atom is 0.307 e. The van der Waals surface area contributed by atoms with Gasteiger partial charge in [0.25, 0.3) is 0 Å². The van der Waals surface area contributed by atoms with Crippen LogP contribution in [0.4, 0.5) is 0 Å². The summed E-state index contributed by atoms with van der Waals surface area (Å²) in [5.41, 5.74) is 1.20. The highest BCUT2D eigenvalue weighted by Crippen LogP contribution is 2.17. The summed E-state index contributed by atoms with van der Waals surface area (Å²) in [5, 5.41) is 8.93. The molecular weight excluding hydrogens is 242 g/mol. The number of hydrogen-bond acceptors (Lipinski definition) is 3. The van der Waals surface area contributed by atoms with Gasteiger partial charge >= 0.3 is 5.97 Å². The molecule has 0 amide bonds. The summed E-state index contributed by atoms with van der Waals surface area (Å²) in [4.78, 5) is 13.0. The quantitative estimate of drug-likeness (QED) is 0.799. The van der Waals surface area contributed by atoms with Crippen molar-refractivity contribution in [3.05, 3.63) is 29.8 Å². The fraction of sp³-hybridized carbons (Fsp3) is 0.533. The molecule has 1 atom stereocenters. The average molecular weight is 263 g/mol. The van der Waals surface area contributed by atoms with Crippen molar-refractivity contribution >= 4 is 5.97 Å². The van der Waals surface area contributed by atoms with Crippen molar-refractivity contribution in [2.45, 2.75) is 19.8 Å². The van der Waals surface area contributed by atoms with Crippen LogP contribution in [-0.2, 0) is 4.79 Å². The second-order valence-corrected chi connectivity index (χ2v) is 5.14. The lowest BCUT2D eigenvalue weighted by Gasteiger charge is -2.15. The van der Waals surface area contributed by atoms with Crippen molar-refractivity contribution in [2.24, 2.45) is 5.92 Å². The first-order valence-electron chi connectivity index (χ1n) is 6.80. The van der Waals surface area contributed by atoms with Crippen LogP contribution in [0.3, 0.4) is 0 Å². The van der Waals surface area contributed by atoms with Crippen LogP contribution in [0.1, 0.15) is 18.4 Å². The Hall–Kier alpha value is -1.55. The lowest BCUT2D eigenvalue weighted by molar-refractivity contribution is -0.141. The molecule has 1 N–H and O–H groups in total. The minimum absolute atomic E-state index is 0.183. The Labute approximate surface area is 114 Å². The van der Waals surface area contributed by atoms with Gasteiger partial charge in [0, 0.05) is 13.1 Å². The second kappa shape index (κ2) is 6.57. The van der Waals surface area contributed by atoms with Gasteiger partial charge < -0.3 is 14.7 Å². The zero-order valence-electron chi connectivity index (χ0n) is 11.3. The number of likely N-dealkylation sites (tertiary alicyclic amines) is 1. The fourth-order valence-corrected chi connectivity index (χ4v) is 2.42. The Morgan fingerprint density at radius 1 is 1.53 bits per heavy atom. The Morgan fingerprint density at radius 2 is 2.37 bits per heavy atom. The van der Waals surface area contributed by atoms with Crippen molar-refractivity contribution in [1.29, 1.82) is 0 Å². The maximum absolute atomic E-state index is 10.8. The van der Waals surface area contributed by atoms with Crippen LogP contribution >= 0.6 is 0 Å². The molecule has 1 aromatic rings. The molecule has 1 heterocycles. The Balaban J connectivity index is 1.64. The van der Waals surface area contributed by atoms with Crippen LogP contribution in [-0.4, -0.2) is 42.2 Å². The third-order valence-electron chi connectivity index (χ3n) is 3.50. The Morgan fingerprint density at radius 3 is 3.05 bits per heavy atom. The lowest BCUT2D eigenvalue weighted by Crippen LogP contribution is -2.25. The topological polar surface area (TPSA) is 49.8 Å². The fourth-order valence-electron chi connectivity index (χ4n) is 2.42. The van der Waals surface area contributed by atoms with Crippen LogP contribution in [0.15, 0.2) is 24.3 Å². The van der Waals surface area contributed by atoms with E-state index < -0.39 is 5.97 Å². The predicted molar refractivity (Wildman–Crippen MR) is 73.5 cm³/mol. The van der Waals surface area contributed by atoms with E-state index in [1.165, 1.54) is 5.56 Å². The van der Waals surface area contributed by atoms with Crippen LogP contribution in [0.5, 0.6) is 5.75 Å². The molecule has 19 heavy (non-hydrogen) atoms. The van der Waals surface area contributed by atoms with Gasteiger partial charge in [0.2, 0.25) is 0 Å². The summed E-state index contributed by atoms with van der Waals surface area (Å²) in [6.07, 6.45) is 1.70. The molecule has 1 aliphatic rings. The third-order valence-corrected chi connectivity index (χ3v) is 3.50. The number of hydrogen-bond donors (Lipinski definition) is 1. The van der Waals surface area contributed by atoms with E-state index in [9.17, 15) is 4.79 Å².